The minimum Gasteiger partial charge on any atom is -0.211 e. The Kier molecular flexibility index (Phi) is 3.58. The van der Waals surface area contributed by atoms with E-state index in [1.165, 1.54) is 12.4 Å². The van der Waals surface area contributed by atoms with E-state index in [0.717, 1.165) is 10.7 Å². The molecule has 1 aromatic carbocycles. The van der Waals surface area contributed by atoms with Gasteiger partial charge in [-0.2, -0.15) is 18.3 Å². The summed E-state index contributed by atoms with van der Waals surface area (Å²) in [4.78, 5) is 7.65. The number of alkyl halides is 3. The van der Waals surface area contributed by atoms with Gasteiger partial charge in [0.1, 0.15) is 0 Å². The average molecular weight is 325 g/mol. The zero-order valence-electron chi connectivity index (χ0n) is 10.9. The van der Waals surface area contributed by atoms with Gasteiger partial charge in [0, 0.05) is 5.56 Å². The van der Waals surface area contributed by atoms with Crippen LogP contribution >= 0.6 is 11.6 Å². The van der Waals surface area contributed by atoms with Crippen LogP contribution < -0.4 is 0 Å². The van der Waals surface area contributed by atoms with Crippen LogP contribution in [-0.4, -0.2) is 19.7 Å². The van der Waals surface area contributed by atoms with E-state index in [-0.39, 0.29) is 16.7 Å². The Hall–Kier alpha value is -2.41. The highest BCUT2D eigenvalue weighted by Crippen LogP contribution is 2.30. The zero-order valence-corrected chi connectivity index (χ0v) is 11.7. The van der Waals surface area contributed by atoms with Gasteiger partial charge in [-0.25, -0.2) is 14.6 Å². The number of hydrogen-bond donors (Lipinski definition) is 0. The lowest BCUT2D eigenvalue weighted by Gasteiger charge is -2.10. The minimum absolute atomic E-state index is 0.157. The lowest BCUT2D eigenvalue weighted by Crippen LogP contribution is -2.13. The predicted molar refractivity (Wildman–Crippen MR) is 74.6 cm³/mol. The minimum atomic E-state index is -4.59. The molecule has 0 aliphatic carbocycles. The van der Waals surface area contributed by atoms with Crippen LogP contribution in [0.2, 0.25) is 5.02 Å². The summed E-state index contributed by atoms with van der Waals surface area (Å²) >= 11 is 5.74. The van der Waals surface area contributed by atoms with Crippen molar-refractivity contribution < 1.29 is 13.2 Å². The lowest BCUT2D eigenvalue weighted by atomic mass is 10.1. The van der Waals surface area contributed by atoms with E-state index in [4.69, 9.17) is 11.6 Å². The molecule has 0 fully saturated rings. The summed E-state index contributed by atoms with van der Waals surface area (Å²) in [5, 5.41) is 4.12. The van der Waals surface area contributed by atoms with E-state index in [1.807, 2.05) is 0 Å². The molecule has 4 nitrogen and oxygen atoms in total. The zero-order chi connectivity index (χ0) is 15.7. The van der Waals surface area contributed by atoms with Crippen LogP contribution in [0.3, 0.4) is 0 Å². The fourth-order valence-corrected chi connectivity index (χ4v) is 1.99. The first kappa shape index (κ1) is 14.5. The molecule has 112 valence electrons. The van der Waals surface area contributed by atoms with Gasteiger partial charge in [-0.05, 0) is 6.07 Å². The topological polar surface area (TPSA) is 43.6 Å². The smallest absolute Gasteiger partial charge is 0.211 e. The van der Waals surface area contributed by atoms with E-state index in [9.17, 15) is 13.2 Å². The molecule has 3 rings (SSSR count). The Morgan fingerprint density at radius 2 is 1.77 bits per heavy atom. The van der Waals surface area contributed by atoms with Crippen LogP contribution in [0.4, 0.5) is 13.2 Å². The normalized spacial score (nSPS) is 11.6. The number of halogens is 4. The highest BCUT2D eigenvalue weighted by Gasteiger charge is 2.34. The second kappa shape index (κ2) is 5.42. The Morgan fingerprint density at radius 3 is 2.36 bits per heavy atom. The van der Waals surface area contributed by atoms with Crippen LogP contribution in [0.25, 0.3) is 17.2 Å². The van der Waals surface area contributed by atoms with Gasteiger partial charge in [0.15, 0.2) is 5.69 Å². The number of hydrogen-bond acceptors (Lipinski definition) is 3. The Balaban J connectivity index is 2.19. The third-order valence-corrected chi connectivity index (χ3v) is 3.03. The maximum Gasteiger partial charge on any atom is 0.433 e. The summed E-state index contributed by atoms with van der Waals surface area (Å²) in [5.41, 5.74) is -0.331. The molecule has 2 heterocycles. The van der Waals surface area contributed by atoms with Gasteiger partial charge < -0.3 is 0 Å². The van der Waals surface area contributed by atoms with Crippen molar-refractivity contribution in [2.45, 2.75) is 6.18 Å². The van der Waals surface area contributed by atoms with Crippen molar-refractivity contribution in [2.75, 3.05) is 0 Å². The van der Waals surface area contributed by atoms with Gasteiger partial charge in [0.25, 0.3) is 5.95 Å². The largest absolute Gasteiger partial charge is 0.433 e. The molecule has 0 N–H and O–H groups in total. The first-order valence-corrected chi connectivity index (χ1v) is 6.53. The van der Waals surface area contributed by atoms with Crippen LogP contribution in [0, 0.1) is 0 Å². The van der Waals surface area contributed by atoms with E-state index < -0.39 is 11.9 Å². The molecule has 0 aliphatic heterocycles. The molecule has 22 heavy (non-hydrogen) atoms. The summed E-state index contributed by atoms with van der Waals surface area (Å²) in [6.07, 6.45) is -1.95. The molecule has 3 aromatic rings. The molecule has 0 saturated heterocycles. The van der Waals surface area contributed by atoms with Crippen molar-refractivity contribution in [1.29, 1.82) is 0 Å². The molecule has 0 radical (unpaired) electrons. The molecule has 2 aromatic heterocycles. The second-order valence-electron chi connectivity index (χ2n) is 4.41. The van der Waals surface area contributed by atoms with E-state index in [0.29, 0.717) is 5.56 Å². The van der Waals surface area contributed by atoms with Crippen molar-refractivity contribution in [3.63, 3.8) is 0 Å². The van der Waals surface area contributed by atoms with E-state index >= 15 is 0 Å². The maximum absolute atomic E-state index is 13.0. The molecular formula is C14H8ClF3N4. The first-order valence-electron chi connectivity index (χ1n) is 6.16. The maximum atomic E-state index is 13.0. The average Bonchev–Trinajstić information content (AvgIpc) is 2.93. The monoisotopic (exact) mass is 324 g/mol. The molecule has 8 heteroatoms. The van der Waals surface area contributed by atoms with Crippen molar-refractivity contribution in [3.05, 3.63) is 59.5 Å². The predicted octanol–water partition coefficient (Wildman–Crippen LogP) is 4.00. The highest BCUT2D eigenvalue weighted by atomic mass is 35.5. The highest BCUT2D eigenvalue weighted by molar-refractivity contribution is 6.30. The second-order valence-corrected chi connectivity index (χ2v) is 4.84. The molecule has 0 amide bonds. The van der Waals surface area contributed by atoms with Crippen LogP contribution in [0.1, 0.15) is 5.69 Å². The third-order valence-electron chi connectivity index (χ3n) is 2.83. The van der Waals surface area contributed by atoms with Crippen LogP contribution in [0.5, 0.6) is 0 Å². The number of rotatable bonds is 2. The van der Waals surface area contributed by atoms with Crippen molar-refractivity contribution >= 4 is 11.6 Å². The summed E-state index contributed by atoms with van der Waals surface area (Å²) in [5.74, 6) is -0.194. The standard InChI is InChI=1S/C14H8ClF3N4/c15-10-7-19-22(8-10)13-20-11(9-4-2-1-3-5-9)6-12(21-13)14(16,17)18/h1-8H. The SMILES string of the molecule is FC(F)(F)c1cc(-c2ccccc2)nc(-n2cc(Cl)cn2)n1. The van der Waals surface area contributed by atoms with Gasteiger partial charge in [0.05, 0.1) is 23.1 Å². The quantitative estimate of drug-likeness (QED) is 0.715. The molecule has 0 saturated carbocycles. The molecule has 0 aliphatic rings. The number of aromatic nitrogens is 4. The van der Waals surface area contributed by atoms with E-state index in [2.05, 4.69) is 15.1 Å². The van der Waals surface area contributed by atoms with E-state index in [1.54, 1.807) is 30.3 Å². The molecular weight excluding hydrogens is 317 g/mol. The van der Waals surface area contributed by atoms with Crippen molar-refractivity contribution in [2.24, 2.45) is 0 Å². The van der Waals surface area contributed by atoms with Gasteiger partial charge in [0.2, 0.25) is 0 Å². The van der Waals surface area contributed by atoms with Gasteiger partial charge >= 0.3 is 6.18 Å². The summed E-state index contributed by atoms with van der Waals surface area (Å²) in [6, 6.07) is 9.45. The van der Waals surface area contributed by atoms with Crippen LogP contribution in [0.15, 0.2) is 48.8 Å². The number of nitrogens with zero attached hydrogens (tertiary/aromatic N) is 4. The Morgan fingerprint density at radius 1 is 1.05 bits per heavy atom. The fraction of sp³-hybridized carbons (Fsp3) is 0.0714. The first-order chi connectivity index (χ1) is 10.4. The Labute approximate surface area is 128 Å². The number of benzene rings is 1. The van der Waals surface area contributed by atoms with Crippen LogP contribution in [-0.2, 0) is 6.18 Å². The molecule has 0 atom stereocenters. The summed E-state index contributed by atoms with van der Waals surface area (Å²) < 4.78 is 40.2. The van der Waals surface area contributed by atoms with Crippen molar-refractivity contribution in [1.82, 2.24) is 19.7 Å². The fourth-order valence-electron chi connectivity index (χ4n) is 1.85. The lowest BCUT2D eigenvalue weighted by molar-refractivity contribution is -0.141. The third kappa shape index (κ3) is 2.94. The van der Waals surface area contributed by atoms with Crippen molar-refractivity contribution in [3.8, 4) is 17.2 Å². The van der Waals surface area contributed by atoms with Gasteiger partial charge in [-0.1, -0.05) is 41.9 Å². The summed E-state index contributed by atoms with van der Waals surface area (Å²) in [7, 11) is 0. The van der Waals surface area contributed by atoms with Gasteiger partial charge in [-0.15, -0.1) is 0 Å². The summed E-state index contributed by atoms with van der Waals surface area (Å²) in [6.45, 7) is 0. The molecule has 0 unspecified atom stereocenters. The molecule has 0 bridgehead atoms. The van der Waals surface area contributed by atoms with Gasteiger partial charge in [-0.3, -0.25) is 0 Å². The molecule has 0 spiro atoms. The Bertz CT molecular complexity index is 799.